The molecule has 0 radical (unpaired) electrons. The summed E-state index contributed by atoms with van der Waals surface area (Å²) >= 11 is 0. The van der Waals surface area contributed by atoms with Gasteiger partial charge < -0.3 is 5.32 Å². The number of hydrogen-bond donors (Lipinski definition) is 1. The van der Waals surface area contributed by atoms with Crippen molar-refractivity contribution in [3.8, 4) is 0 Å². The van der Waals surface area contributed by atoms with Crippen molar-refractivity contribution in [2.24, 2.45) is 5.92 Å². The summed E-state index contributed by atoms with van der Waals surface area (Å²) in [5.74, 6) is 0.860. The Hall–Kier alpha value is -0.820. The van der Waals surface area contributed by atoms with Gasteiger partial charge in [0.05, 0.1) is 0 Å². The number of rotatable bonds is 3. The van der Waals surface area contributed by atoms with Crippen molar-refractivity contribution < 1.29 is 0 Å². The fourth-order valence-corrected chi connectivity index (χ4v) is 2.29. The zero-order valence-corrected chi connectivity index (χ0v) is 8.87. The summed E-state index contributed by atoms with van der Waals surface area (Å²) in [5, 5.41) is 3.65. The van der Waals surface area contributed by atoms with Crippen LogP contribution >= 0.6 is 0 Å². The molecule has 1 saturated carbocycles. The van der Waals surface area contributed by atoms with E-state index in [4.69, 9.17) is 0 Å². The van der Waals surface area contributed by atoms with E-state index in [-0.39, 0.29) is 0 Å². The minimum atomic E-state index is 0.746. The number of hydrogen-bond acceptors (Lipinski definition) is 1. The Balaban J connectivity index is 1.82. The van der Waals surface area contributed by atoms with Gasteiger partial charge in [-0.15, -0.1) is 0 Å². The second-order valence-corrected chi connectivity index (χ2v) is 4.38. The Bertz CT molecular complexity index is 268. The molecular weight excluding hydrogens is 170 g/mol. The van der Waals surface area contributed by atoms with Crippen LogP contribution < -0.4 is 5.32 Å². The Kier molecular flexibility index (Phi) is 3.20. The first-order chi connectivity index (χ1) is 6.86. The highest BCUT2D eigenvalue weighted by Crippen LogP contribution is 2.24. The molecule has 2 rings (SSSR count). The third-order valence-electron chi connectivity index (χ3n) is 3.27. The smallest absolute Gasteiger partial charge is 0.0208 e. The first kappa shape index (κ1) is 9.72. The fourth-order valence-electron chi connectivity index (χ4n) is 2.29. The van der Waals surface area contributed by atoms with Crippen LogP contribution in [0.15, 0.2) is 30.3 Å². The molecule has 1 N–H and O–H groups in total. The van der Waals surface area contributed by atoms with Crippen LogP contribution in [0.1, 0.15) is 31.7 Å². The van der Waals surface area contributed by atoms with E-state index in [9.17, 15) is 0 Å². The summed E-state index contributed by atoms with van der Waals surface area (Å²) in [7, 11) is 0. The zero-order chi connectivity index (χ0) is 9.80. The van der Waals surface area contributed by atoms with Gasteiger partial charge in [-0.1, -0.05) is 43.7 Å². The summed E-state index contributed by atoms with van der Waals surface area (Å²) in [6, 6.07) is 11.4. The van der Waals surface area contributed by atoms with Gasteiger partial charge in [0.2, 0.25) is 0 Å². The molecule has 76 valence electrons. The molecule has 0 aromatic heterocycles. The van der Waals surface area contributed by atoms with Crippen molar-refractivity contribution in [3.05, 3.63) is 35.9 Å². The lowest BCUT2D eigenvalue weighted by Gasteiger charge is -2.17. The molecule has 0 heterocycles. The normalized spacial score (nSPS) is 26.6. The van der Waals surface area contributed by atoms with E-state index in [1.165, 1.54) is 24.8 Å². The summed E-state index contributed by atoms with van der Waals surface area (Å²) in [5.41, 5.74) is 1.40. The molecular formula is C13H19N. The highest BCUT2D eigenvalue weighted by Gasteiger charge is 2.22. The lowest BCUT2D eigenvalue weighted by molar-refractivity contribution is 0.426. The predicted molar refractivity (Wildman–Crippen MR) is 60.1 cm³/mol. The van der Waals surface area contributed by atoms with Gasteiger partial charge in [0.1, 0.15) is 0 Å². The minimum Gasteiger partial charge on any atom is -0.310 e. The van der Waals surface area contributed by atoms with E-state index in [2.05, 4.69) is 42.6 Å². The molecule has 14 heavy (non-hydrogen) atoms. The van der Waals surface area contributed by atoms with Gasteiger partial charge in [-0.2, -0.15) is 0 Å². The summed E-state index contributed by atoms with van der Waals surface area (Å²) in [4.78, 5) is 0. The van der Waals surface area contributed by atoms with Gasteiger partial charge in [-0.3, -0.25) is 0 Å². The fraction of sp³-hybridized carbons (Fsp3) is 0.538. The van der Waals surface area contributed by atoms with Gasteiger partial charge in [0.25, 0.3) is 0 Å². The van der Waals surface area contributed by atoms with E-state index >= 15 is 0 Å². The third-order valence-corrected chi connectivity index (χ3v) is 3.27. The van der Waals surface area contributed by atoms with Crippen molar-refractivity contribution in [3.63, 3.8) is 0 Å². The summed E-state index contributed by atoms with van der Waals surface area (Å²) < 4.78 is 0. The maximum absolute atomic E-state index is 3.65. The molecule has 0 unspecified atom stereocenters. The number of nitrogens with one attached hydrogen (secondary N) is 1. The monoisotopic (exact) mass is 189 g/mol. The molecule has 0 saturated heterocycles. The van der Waals surface area contributed by atoms with E-state index in [1.807, 2.05) is 0 Å². The van der Waals surface area contributed by atoms with Crippen molar-refractivity contribution in [2.45, 2.75) is 38.8 Å². The predicted octanol–water partition coefficient (Wildman–Crippen LogP) is 2.96. The zero-order valence-electron chi connectivity index (χ0n) is 8.87. The molecule has 1 nitrogen and oxygen atoms in total. The quantitative estimate of drug-likeness (QED) is 0.771. The van der Waals surface area contributed by atoms with Crippen LogP contribution in [0.25, 0.3) is 0 Å². The minimum absolute atomic E-state index is 0.746. The van der Waals surface area contributed by atoms with Gasteiger partial charge in [-0.05, 0) is 24.3 Å². The maximum atomic E-state index is 3.65. The molecule has 1 aliphatic rings. The Morgan fingerprint density at radius 2 is 2.00 bits per heavy atom. The first-order valence-corrected chi connectivity index (χ1v) is 5.63. The highest BCUT2D eigenvalue weighted by molar-refractivity contribution is 5.14. The van der Waals surface area contributed by atoms with Gasteiger partial charge in [-0.25, -0.2) is 0 Å². The third kappa shape index (κ3) is 2.36. The lowest BCUT2D eigenvalue weighted by atomic mass is 10.1. The van der Waals surface area contributed by atoms with Crippen LogP contribution in [-0.4, -0.2) is 6.04 Å². The number of benzene rings is 1. The molecule has 0 bridgehead atoms. The Labute approximate surface area is 86.5 Å². The average Bonchev–Trinajstić information content (AvgIpc) is 2.63. The van der Waals surface area contributed by atoms with Gasteiger partial charge >= 0.3 is 0 Å². The van der Waals surface area contributed by atoms with Gasteiger partial charge in [0.15, 0.2) is 0 Å². The van der Waals surface area contributed by atoms with Crippen LogP contribution in [0, 0.1) is 5.92 Å². The molecule has 1 fully saturated rings. The first-order valence-electron chi connectivity index (χ1n) is 5.63. The second kappa shape index (κ2) is 4.61. The highest BCUT2D eigenvalue weighted by atomic mass is 14.9. The van der Waals surface area contributed by atoms with Crippen molar-refractivity contribution in [1.82, 2.24) is 5.32 Å². The molecule has 1 aromatic rings. The molecule has 0 amide bonds. The summed E-state index contributed by atoms with van der Waals surface area (Å²) in [6.45, 7) is 3.38. The largest absolute Gasteiger partial charge is 0.310 e. The van der Waals surface area contributed by atoms with Crippen molar-refractivity contribution in [2.75, 3.05) is 0 Å². The van der Waals surface area contributed by atoms with Crippen molar-refractivity contribution >= 4 is 0 Å². The maximum Gasteiger partial charge on any atom is 0.0208 e. The van der Waals surface area contributed by atoms with E-state index < -0.39 is 0 Å². The molecule has 2 atom stereocenters. The molecule has 1 heteroatoms. The van der Waals surface area contributed by atoms with Crippen LogP contribution in [0.2, 0.25) is 0 Å². The summed E-state index contributed by atoms with van der Waals surface area (Å²) in [6.07, 6.45) is 4.15. The molecule has 0 spiro atoms. The lowest BCUT2D eigenvalue weighted by Crippen LogP contribution is -2.30. The second-order valence-electron chi connectivity index (χ2n) is 4.38. The Morgan fingerprint density at radius 1 is 1.21 bits per heavy atom. The van der Waals surface area contributed by atoms with E-state index in [0.29, 0.717) is 0 Å². The standard InChI is InChI=1S/C13H19N/c1-11-6-5-9-13(11)14-10-12-7-3-2-4-8-12/h2-4,7-8,11,13-14H,5-6,9-10H2,1H3/t11-,13-/m0/s1. The molecule has 0 aliphatic heterocycles. The van der Waals surface area contributed by atoms with Gasteiger partial charge in [0, 0.05) is 12.6 Å². The average molecular weight is 189 g/mol. The molecule has 1 aliphatic carbocycles. The van der Waals surface area contributed by atoms with Crippen molar-refractivity contribution in [1.29, 1.82) is 0 Å². The van der Waals surface area contributed by atoms with E-state index in [0.717, 1.165) is 18.5 Å². The van der Waals surface area contributed by atoms with Crippen LogP contribution in [0.4, 0.5) is 0 Å². The molecule has 1 aromatic carbocycles. The topological polar surface area (TPSA) is 12.0 Å². The van der Waals surface area contributed by atoms with Crippen LogP contribution in [0.5, 0.6) is 0 Å². The van der Waals surface area contributed by atoms with E-state index in [1.54, 1.807) is 0 Å². The van der Waals surface area contributed by atoms with Crippen LogP contribution in [-0.2, 0) is 6.54 Å². The SMILES string of the molecule is C[C@H]1CCC[C@@H]1NCc1ccccc1. The van der Waals surface area contributed by atoms with Crippen LogP contribution in [0.3, 0.4) is 0 Å². The Morgan fingerprint density at radius 3 is 2.64 bits per heavy atom.